The largest absolute Gasteiger partial charge is 0.455 e. The van der Waals surface area contributed by atoms with Crippen molar-refractivity contribution in [2.45, 2.75) is 6.18 Å². The van der Waals surface area contributed by atoms with Gasteiger partial charge in [0.2, 0.25) is 0 Å². The van der Waals surface area contributed by atoms with E-state index in [-0.39, 0.29) is 0 Å². The topological polar surface area (TPSA) is 45.7 Å². The predicted octanol–water partition coefficient (Wildman–Crippen LogP) is 3.77. The van der Waals surface area contributed by atoms with Gasteiger partial charge in [-0.05, 0) is 24.3 Å². The molecular formula is C12H8F3NO2. The Bertz CT molecular complexity index is 555. The van der Waals surface area contributed by atoms with Gasteiger partial charge >= 0.3 is 6.18 Å². The molecule has 2 rings (SSSR count). The van der Waals surface area contributed by atoms with Crippen LogP contribution in [0.3, 0.4) is 0 Å². The van der Waals surface area contributed by atoms with E-state index in [1.807, 2.05) is 0 Å². The fraction of sp³-hybridized carbons (Fsp3) is 0.0833. The van der Waals surface area contributed by atoms with Crippen LogP contribution >= 0.6 is 0 Å². The number of hydrogen-bond donors (Lipinski definition) is 1. The average Bonchev–Trinajstić information content (AvgIpc) is 2.77. The first-order valence-electron chi connectivity index (χ1n) is 4.95. The van der Waals surface area contributed by atoms with Crippen molar-refractivity contribution in [1.82, 2.24) is 0 Å². The van der Waals surface area contributed by atoms with Crippen molar-refractivity contribution in [2.24, 2.45) is 5.16 Å². The quantitative estimate of drug-likeness (QED) is 0.504. The fourth-order valence-electron chi connectivity index (χ4n) is 1.46. The lowest BCUT2D eigenvalue weighted by Gasteiger charge is -2.06. The third kappa shape index (κ3) is 2.53. The Kier molecular flexibility index (Phi) is 3.10. The zero-order chi connectivity index (χ0) is 13.2. The Labute approximate surface area is 100 Å². The lowest BCUT2D eigenvalue weighted by molar-refractivity contribution is -0.137. The van der Waals surface area contributed by atoms with Crippen LogP contribution in [0.4, 0.5) is 13.2 Å². The Hall–Kier alpha value is -2.24. The molecule has 0 spiro atoms. The summed E-state index contributed by atoms with van der Waals surface area (Å²) in [6.45, 7) is 0. The minimum Gasteiger partial charge on any atom is -0.455 e. The highest BCUT2D eigenvalue weighted by atomic mass is 19.4. The maximum atomic E-state index is 12.4. The van der Waals surface area contributed by atoms with E-state index in [0.29, 0.717) is 17.1 Å². The third-order valence-corrected chi connectivity index (χ3v) is 2.31. The smallest absolute Gasteiger partial charge is 0.416 e. The summed E-state index contributed by atoms with van der Waals surface area (Å²) >= 11 is 0. The van der Waals surface area contributed by atoms with Crippen LogP contribution in [-0.2, 0) is 6.18 Å². The SMILES string of the molecule is O/N=C/c1ccc(-c2ccc(C(F)(F)F)cc2)o1. The van der Waals surface area contributed by atoms with Crippen LogP contribution in [0.2, 0.25) is 0 Å². The van der Waals surface area contributed by atoms with Crippen LogP contribution in [0.1, 0.15) is 11.3 Å². The van der Waals surface area contributed by atoms with Crippen molar-refractivity contribution >= 4 is 6.21 Å². The maximum absolute atomic E-state index is 12.4. The monoisotopic (exact) mass is 255 g/mol. The molecule has 0 saturated carbocycles. The number of furan rings is 1. The molecule has 0 aliphatic heterocycles. The molecule has 0 atom stereocenters. The third-order valence-electron chi connectivity index (χ3n) is 2.31. The van der Waals surface area contributed by atoms with E-state index in [9.17, 15) is 13.2 Å². The fourth-order valence-corrected chi connectivity index (χ4v) is 1.46. The molecular weight excluding hydrogens is 247 g/mol. The second-order valence-electron chi connectivity index (χ2n) is 3.52. The van der Waals surface area contributed by atoms with Crippen LogP contribution < -0.4 is 0 Å². The molecule has 1 aromatic heterocycles. The molecule has 0 bridgehead atoms. The first-order valence-corrected chi connectivity index (χ1v) is 4.95. The molecule has 0 radical (unpaired) electrons. The van der Waals surface area contributed by atoms with Gasteiger partial charge in [0.1, 0.15) is 17.7 Å². The first kappa shape index (κ1) is 12.2. The van der Waals surface area contributed by atoms with Gasteiger partial charge in [-0.15, -0.1) is 0 Å². The van der Waals surface area contributed by atoms with Gasteiger partial charge < -0.3 is 9.62 Å². The number of halogens is 3. The summed E-state index contributed by atoms with van der Waals surface area (Å²) in [6.07, 6.45) is -3.26. The van der Waals surface area contributed by atoms with Gasteiger partial charge in [0.15, 0.2) is 0 Å². The molecule has 0 amide bonds. The summed E-state index contributed by atoms with van der Waals surface area (Å²) in [5, 5.41) is 11.1. The van der Waals surface area contributed by atoms with Gasteiger partial charge in [-0.1, -0.05) is 17.3 Å². The maximum Gasteiger partial charge on any atom is 0.416 e. The molecule has 1 heterocycles. The minimum absolute atomic E-state index is 0.312. The second-order valence-corrected chi connectivity index (χ2v) is 3.52. The van der Waals surface area contributed by atoms with Gasteiger partial charge in [-0.2, -0.15) is 13.2 Å². The van der Waals surface area contributed by atoms with Crippen molar-refractivity contribution in [3.8, 4) is 11.3 Å². The number of alkyl halides is 3. The highest BCUT2D eigenvalue weighted by Crippen LogP contribution is 2.31. The molecule has 0 aliphatic rings. The van der Waals surface area contributed by atoms with E-state index in [1.54, 1.807) is 12.1 Å². The molecule has 2 aromatic rings. The highest BCUT2D eigenvalue weighted by Gasteiger charge is 2.30. The van der Waals surface area contributed by atoms with E-state index in [1.165, 1.54) is 12.1 Å². The Morgan fingerprint density at radius 1 is 1.06 bits per heavy atom. The molecule has 1 N–H and O–H groups in total. The molecule has 1 aromatic carbocycles. The van der Waals surface area contributed by atoms with Gasteiger partial charge in [-0.3, -0.25) is 0 Å². The summed E-state index contributed by atoms with van der Waals surface area (Å²) < 4.78 is 42.3. The van der Waals surface area contributed by atoms with Crippen LogP contribution in [-0.4, -0.2) is 11.4 Å². The first-order chi connectivity index (χ1) is 8.50. The van der Waals surface area contributed by atoms with Crippen molar-refractivity contribution in [2.75, 3.05) is 0 Å². The van der Waals surface area contributed by atoms with Gasteiger partial charge in [0.05, 0.1) is 5.56 Å². The number of oxime groups is 1. The van der Waals surface area contributed by atoms with E-state index >= 15 is 0 Å². The summed E-state index contributed by atoms with van der Waals surface area (Å²) in [5.41, 5.74) is -0.199. The Morgan fingerprint density at radius 3 is 2.28 bits per heavy atom. The summed E-state index contributed by atoms with van der Waals surface area (Å²) in [7, 11) is 0. The van der Waals surface area contributed by atoms with E-state index in [2.05, 4.69) is 5.16 Å². The lowest BCUT2D eigenvalue weighted by atomic mass is 10.1. The molecule has 0 saturated heterocycles. The minimum atomic E-state index is -4.35. The van der Waals surface area contributed by atoms with Crippen LogP contribution in [0.15, 0.2) is 46.0 Å². The van der Waals surface area contributed by atoms with Crippen LogP contribution in [0.5, 0.6) is 0 Å². The van der Waals surface area contributed by atoms with Gasteiger partial charge in [0.25, 0.3) is 0 Å². The zero-order valence-electron chi connectivity index (χ0n) is 8.98. The van der Waals surface area contributed by atoms with Crippen molar-refractivity contribution in [1.29, 1.82) is 0 Å². The van der Waals surface area contributed by atoms with Crippen LogP contribution in [0.25, 0.3) is 11.3 Å². The Morgan fingerprint density at radius 2 is 1.72 bits per heavy atom. The molecule has 94 valence electrons. The molecule has 3 nitrogen and oxygen atoms in total. The average molecular weight is 255 g/mol. The summed E-state index contributed by atoms with van der Waals surface area (Å²) in [5.74, 6) is 0.714. The van der Waals surface area contributed by atoms with E-state index < -0.39 is 11.7 Å². The number of hydrogen-bond acceptors (Lipinski definition) is 3. The van der Waals surface area contributed by atoms with Gasteiger partial charge in [0, 0.05) is 5.56 Å². The summed E-state index contributed by atoms with van der Waals surface area (Å²) in [4.78, 5) is 0. The van der Waals surface area contributed by atoms with E-state index in [0.717, 1.165) is 18.3 Å². The lowest BCUT2D eigenvalue weighted by Crippen LogP contribution is -2.03. The zero-order valence-corrected chi connectivity index (χ0v) is 8.98. The predicted molar refractivity (Wildman–Crippen MR) is 58.5 cm³/mol. The van der Waals surface area contributed by atoms with Crippen molar-refractivity contribution < 1.29 is 22.8 Å². The van der Waals surface area contributed by atoms with Gasteiger partial charge in [-0.25, -0.2) is 0 Å². The number of nitrogens with zero attached hydrogens (tertiary/aromatic N) is 1. The van der Waals surface area contributed by atoms with Crippen molar-refractivity contribution in [3.05, 3.63) is 47.7 Å². The molecule has 18 heavy (non-hydrogen) atoms. The number of rotatable bonds is 2. The number of benzene rings is 1. The normalized spacial score (nSPS) is 12.2. The van der Waals surface area contributed by atoms with Crippen LogP contribution in [0, 0.1) is 0 Å². The molecule has 0 unspecified atom stereocenters. The molecule has 0 aliphatic carbocycles. The summed E-state index contributed by atoms with van der Waals surface area (Å²) in [6, 6.07) is 7.74. The highest BCUT2D eigenvalue weighted by molar-refractivity contribution is 5.76. The van der Waals surface area contributed by atoms with Crippen molar-refractivity contribution in [3.63, 3.8) is 0 Å². The Balaban J connectivity index is 2.28. The molecule has 6 heteroatoms. The molecule has 0 fully saturated rings. The van der Waals surface area contributed by atoms with E-state index in [4.69, 9.17) is 9.62 Å². The second kappa shape index (κ2) is 4.56. The standard InChI is InChI=1S/C12H8F3NO2/c13-12(14,15)9-3-1-8(2-4-9)11-6-5-10(18-11)7-16-17/h1-7,17H/b16-7+.